The van der Waals surface area contributed by atoms with Crippen LogP contribution in [-0.4, -0.2) is 36.2 Å². The van der Waals surface area contributed by atoms with Crippen LogP contribution in [0, 0.1) is 6.92 Å². The number of anilines is 1. The van der Waals surface area contributed by atoms with Crippen LogP contribution in [0.3, 0.4) is 0 Å². The molecule has 0 aliphatic carbocycles. The largest absolute Gasteiger partial charge is 0.301 e. The van der Waals surface area contributed by atoms with Crippen molar-refractivity contribution in [3.05, 3.63) is 41.3 Å². The van der Waals surface area contributed by atoms with Gasteiger partial charge in [0.25, 0.3) is 10.0 Å². The molecule has 3 aromatic rings. The molecule has 0 radical (unpaired) electrons. The summed E-state index contributed by atoms with van der Waals surface area (Å²) in [6.45, 7) is 2.33. The molecule has 1 saturated heterocycles. The van der Waals surface area contributed by atoms with Crippen molar-refractivity contribution in [3.63, 3.8) is 0 Å². The molecule has 1 unspecified atom stereocenters. The predicted molar refractivity (Wildman–Crippen MR) is 109 cm³/mol. The number of hydrogen-bond donors (Lipinski definition) is 1. The quantitative estimate of drug-likeness (QED) is 0.694. The van der Waals surface area contributed by atoms with Gasteiger partial charge >= 0.3 is 0 Å². The van der Waals surface area contributed by atoms with Gasteiger partial charge in [-0.1, -0.05) is 36.0 Å². The molecule has 6 nitrogen and oxygen atoms in total. The van der Waals surface area contributed by atoms with Crippen LogP contribution in [0.4, 0.5) is 5.13 Å². The van der Waals surface area contributed by atoms with Crippen molar-refractivity contribution in [1.29, 1.82) is 0 Å². The summed E-state index contributed by atoms with van der Waals surface area (Å²) < 4.78 is 28.5. The first kappa shape index (κ1) is 18.5. The molecule has 1 atom stereocenters. The summed E-state index contributed by atoms with van der Waals surface area (Å²) in [6, 6.07) is 8.48. The number of hydrogen-bond acceptors (Lipinski definition) is 6. The van der Waals surface area contributed by atoms with Crippen LogP contribution >= 0.6 is 22.7 Å². The number of nitrogens with zero attached hydrogens (tertiary/aromatic N) is 2. The number of piperidine rings is 1. The van der Waals surface area contributed by atoms with E-state index in [1.807, 2.05) is 25.1 Å². The third kappa shape index (κ3) is 3.52. The highest BCUT2D eigenvalue weighted by molar-refractivity contribution is 7.91. The van der Waals surface area contributed by atoms with Gasteiger partial charge < -0.3 is 5.32 Å². The number of para-hydroxylation sites is 1. The second-order valence-electron chi connectivity index (χ2n) is 6.49. The molecule has 9 heteroatoms. The van der Waals surface area contributed by atoms with E-state index in [1.54, 1.807) is 17.5 Å². The van der Waals surface area contributed by atoms with Crippen molar-refractivity contribution in [2.24, 2.45) is 0 Å². The van der Waals surface area contributed by atoms with Gasteiger partial charge in [-0.15, -0.1) is 11.3 Å². The molecule has 3 heterocycles. The maximum atomic E-state index is 12.9. The Labute approximate surface area is 165 Å². The average Bonchev–Trinajstić information content (AvgIpc) is 3.32. The first-order valence-electron chi connectivity index (χ1n) is 8.69. The minimum atomic E-state index is -3.66. The summed E-state index contributed by atoms with van der Waals surface area (Å²) in [5.41, 5.74) is 1.91. The molecule has 0 spiro atoms. The van der Waals surface area contributed by atoms with E-state index in [2.05, 4.69) is 10.3 Å². The number of thiophene rings is 1. The first-order valence-corrected chi connectivity index (χ1v) is 11.8. The van der Waals surface area contributed by atoms with Gasteiger partial charge in [0.2, 0.25) is 5.91 Å². The Bertz CT molecular complexity index is 1070. The lowest BCUT2D eigenvalue weighted by molar-refractivity contribution is -0.120. The molecular formula is C18H19N3O3S3. The first-order chi connectivity index (χ1) is 13.0. The van der Waals surface area contributed by atoms with E-state index in [-0.39, 0.29) is 10.1 Å². The fourth-order valence-electron chi connectivity index (χ4n) is 3.31. The van der Waals surface area contributed by atoms with Gasteiger partial charge in [0.05, 0.1) is 10.2 Å². The highest BCUT2D eigenvalue weighted by atomic mass is 32.2. The second-order valence-corrected chi connectivity index (χ2v) is 10.6. The van der Waals surface area contributed by atoms with E-state index < -0.39 is 16.1 Å². The van der Waals surface area contributed by atoms with Crippen LogP contribution in [0.5, 0.6) is 0 Å². The van der Waals surface area contributed by atoms with Gasteiger partial charge in [-0.3, -0.25) is 4.79 Å². The molecule has 1 amide bonds. The summed E-state index contributed by atoms with van der Waals surface area (Å²) in [4.78, 5) is 17.4. The number of fused-ring (bicyclic) bond motifs is 1. The van der Waals surface area contributed by atoms with E-state index in [9.17, 15) is 13.2 Å². The minimum absolute atomic E-state index is 0.276. The Hall–Kier alpha value is -1.81. The summed E-state index contributed by atoms with van der Waals surface area (Å²) in [7, 11) is -3.66. The topological polar surface area (TPSA) is 79.4 Å². The molecular weight excluding hydrogens is 402 g/mol. The highest BCUT2D eigenvalue weighted by Crippen LogP contribution is 2.31. The van der Waals surface area contributed by atoms with Crippen LogP contribution < -0.4 is 5.32 Å². The Morgan fingerprint density at radius 1 is 1.26 bits per heavy atom. The monoisotopic (exact) mass is 421 g/mol. The van der Waals surface area contributed by atoms with Crippen LogP contribution in [0.2, 0.25) is 0 Å². The van der Waals surface area contributed by atoms with Crippen LogP contribution in [0.1, 0.15) is 24.8 Å². The molecule has 2 aromatic heterocycles. The standard InChI is InChI=1S/C18H19N3O3S3/c1-12-6-4-8-14-16(12)19-18(26-14)20-17(22)13-7-2-3-10-21(13)27(23,24)15-9-5-11-25-15/h4-6,8-9,11,13H,2-3,7,10H2,1H3,(H,19,20,22). The number of sulfonamides is 1. The van der Waals surface area contributed by atoms with Gasteiger partial charge in [-0.05, 0) is 42.8 Å². The van der Waals surface area contributed by atoms with Crippen LogP contribution in [0.15, 0.2) is 39.9 Å². The summed E-state index contributed by atoms with van der Waals surface area (Å²) >= 11 is 2.58. The van der Waals surface area contributed by atoms with Gasteiger partial charge in [-0.25, -0.2) is 13.4 Å². The molecule has 1 N–H and O–H groups in total. The summed E-state index contributed by atoms with van der Waals surface area (Å²) in [5.74, 6) is -0.313. The maximum Gasteiger partial charge on any atom is 0.253 e. The van der Waals surface area contributed by atoms with Crippen molar-refractivity contribution in [2.75, 3.05) is 11.9 Å². The average molecular weight is 422 g/mol. The molecule has 1 aromatic carbocycles. The molecule has 0 saturated carbocycles. The maximum absolute atomic E-state index is 12.9. The third-order valence-corrected chi connectivity index (χ3v) is 8.88. The van der Waals surface area contributed by atoms with Crippen molar-refractivity contribution in [2.45, 2.75) is 36.4 Å². The number of thiazole rings is 1. The van der Waals surface area contributed by atoms with Crippen molar-refractivity contribution < 1.29 is 13.2 Å². The van der Waals surface area contributed by atoms with E-state index in [4.69, 9.17) is 0 Å². The normalized spacial score (nSPS) is 18.6. The molecule has 4 rings (SSSR count). The molecule has 1 fully saturated rings. The fourth-order valence-corrected chi connectivity index (χ4v) is 7.03. The molecule has 1 aliphatic heterocycles. The Morgan fingerprint density at radius 2 is 2.11 bits per heavy atom. The van der Waals surface area contributed by atoms with E-state index in [0.29, 0.717) is 18.1 Å². The predicted octanol–water partition coefficient (Wildman–Crippen LogP) is 3.85. The van der Waals surface area contributed by atoms with Crippen molar-refractivity contribution in [3.8, 4) is 0 Å². The zero-order valence-corrected chi connectivity index (χ0v) is 17.2. The second kappa shape index (κ2) is 7.31. The number of carbonyl (C=O) groups excluding carboxylic acids is 1. The lowest BCUT2D eigenvalue weighted by Gasteiger charge is -2.32. The highest BCUT2D eigenvalue weighted by Gasteiger charge is 2.38. The van der Waals surface area contributed by atoms with Crippen molar-refractivity contribution >= 4 is 54.0 Å². The zero-order chi connectivity index (χ0) is 19.0. The van der Waals surface area contributed by atoms with Gasteiger partial charge in [-0.2, -0.15) is 4.31 Å². The van der Waals surface area contributed by atoms with Crippen LogP contribution in [0.25, 0.3) is 10.2 Å². The minimum Gasteiger partial charge on any atom is -0.301 e. The number of amides is 1. The number of nitrogens with one attached hydrogen (secondary N) is 1. The molecule has 27 heavy (non-hydrogen) atoms. The van der Waals surface area contributed by atoms with Crippen LogP contribution in [-0.2, 0) is 14.8 Å². The lowest BCUT2D eigenvalue weighted by Crippen LogP contribution is -2.49. The van der Waals surface area contributed by atoms with Gasteiger partial charge in [0.1, 0.15) is 10.3 Å². The van der Waals surface area contributed by atoms with Crippen molar-refractivity contribution in [1.82, 2.24) is 9.29 Å². The Kier molecular flexibility index (Phi) is 5.02. The number of rotatable bonds is 4. The number of aromatic nitrogens is 1. The van der Waals surface area contributed by atoms with E-state index in [0.717, 1.165) is 28.6 Å². The number of benzene rings is 1. The molecule has 142 valence electrons. The number of aryl methyl sites for hydroxylation is 1. The number of carbonyl (C=O) groups is 1. The SMILES string of the molecule is Cc1cccc2sc(NC(=O)C3CCCCN3S(=O)(=O)c3cccs3)nc12. The fraction of sp³-hybridized carbons (Fsp3) is 0.333. The van der Waals surface area contributed by atoms with E-state index >= 15 is 0 Å². The smallest absolute Gasteiger partial charge is 0.253 e. The third-order valence-electron chi connectivity index (χ3n) is 4.67. The Balaban J connectivity index is 1.59. The summed E-state index contributed by atoms with van der Waals surface area (Å²) in [6.07, 6.45) is 2.10. The van der Waals surface area contributed by atoms with Gasteiger partial charge in [0, 0.05) is 6.54 Å². The Morgan fingerprint density at radius 3 is 2.85 bits per heavy atom. The van der Waals surface area contributed by atoms with Gasteiger partial charge in [0.15, 0.2) is 5.13 Å². The zero-order valence-electron chi connectivity index (χ0n) is 14.7. The summed E-state index contributed by atoms with van der Waals surface area (Å²) in [5, 5.41) is 5.08. The molecule has 1 aliphatic rings. The van der Waals surface area contributed by atoms with E-state index in [1.165, 1.54) is 27.0 Å². The lowest BCUT2D eigenvalue weighted by atomic mass is 10.0. The molecule has 0 bridgehead atoms.